The summed E-state index contributed by atoms with van der Waals surface area (Å²) >= 11 is 0. The predicted octanol–water partition coefficient (Wildman–Crippen LogP) is 3.39. The number of nitrogens with one attached hydrogen (secondary N) is 1. The molecule has 1 N–H and O–H groups in total. The minimum atomic E-state index is -0.411. The normalized spacial score (nSPS) is 12.4. The molecule has 3 aromatic rings. The number of rotatable bonds is 5. The molecule has 1 aromatic carbocycles. The van der Waals surface area contributed by atoms with E-state index in [1.807, 2.05) is 52.0 Å². The van der Waals surface area contributed by atoms with Crippen LogP contribution in [0.25, 0.3) is 11.4 Å². The third kappa shape index (κ3) is 3.66. The first kappa shape index (κ1) is 17.8. The molecule has 0 fully saturated rings. The first-order chi connectivity index (χ1) is 12.3. The van der Waals surface area contributed by atoms with Crippen LogP contribution in [0.2, 0.25) is 0 Å². The van der Waals surface area contributed by atoms with Crippen LogP contribution in [0.15, 0.2) is 34.9 Å². The zero-order valence-corrected chi connectivity index (χ0v) is 15.6. The lowest BCUT2D eigenvalue weighted by molar-refractivity contribution is 0.0923. The summed E-state index contributed by atoms with van der Waals surface area (Å²) in [6.07, 6.45) is 0. The Hall–Kier alpha value is -2.96. The standard InChI is InChI=1S/C19H23N5O2/c1-11(2)15-10-16(24(5)22-15)18(25)20-13(4)19-21-17(23-26-19)14-8-6-7-12(3)9-14/h6-11,13H,1-5H3,(H,20,25)/t13-/m1/s1. The number of carbonyl (C=O) groups is 1. The number of aryl methyl sites for hydroxylation is 2. The van der Waals surface area contributed by atoms with E-state index >= 15 is 0 Å². The van der Waals surface area contributed by atoms with Gasteiger partial charge in [-0.3, -0.25) is 9.48 Å². The van der Waals surface area contributed by atoms with Crippen molar-refractivity contribution in [3.63, 3.8) is 0 Å². The summed E-state index contributed by atoms with van der Waals surface area (Å²) in [5.41, 5.74) is 3.38. The quantitative estimate of drug-likeness (QED) is 0.760. The van der Waals surface area contributed by atoms with Gasteiger partial charge in [0.05, 0.1) is 5.69 Å². The van der Waals surface area contributed by atoms with Crippen molar-refractivity contribution in [1.82, 2.24) is 25.2 Å². The van der Waals surface area contributed by atoms with Gasteiger partial charge in [0.1, 0.15) is 11.7 Å². The molecule has 0 radical (unpaired) electrons. The Balaban J connectivity index is 1.74. The van der Waals surface area contributed by atoms with Crippen LogP contribution in [-0.2, 0) is 7.05 Å². The summed E-state index contributed by atoms with van der Waals surface area (Å²) in [6.45, 7) is 7.90. The second-order valence-corrected chi connectivity index (χ2v) is 6.75. The summed E-state index contributed by atoms with van der Waals surface area (Å²) in [7, 11) is 1.76. The molecule has 7 nitrogen and oxygen atoms in total. The molecule has 3 rings (SSSR count). The van der Waals surface area contributed by atoms with E-state index in [4.69, 9.17) is 4.52 Å². The fourth-order valence-electron chi connectivity index (χ4n) is 2.63. The number of nitrogens with zero attached hydrogens (tertiary/aromatic N) is 4. The minimum absolute atomic E-state index is 0.227. The maximum Gasteiger partial charge on any atom is 0.270 e. The third-order valence-electron chi connectivity index (χ3n) is 4.16. The molecule has 0 spiro atoms. The average Bonchev–Trinajstić information content (AvgIpc) is 3.21. The number of benzene rings is 1. The van der Waals surface area contributed by atoms with Crippen LogP contribution in [-0.4, -0.2) is 25.8 Å². The van der Waals surface area contributed by atoms with Gasteiger partial charge in [-0.05, 0) is 31.9 Å². The smallest absolute Gasteiger partial charge is 0.270 e. The van der Waals surface area contributed by atoms with Crippen LogP contribution >= 0.6 is 0 Å². The van der Waals surface area contributed by atoms with Gasteiger partial charge in [-0.2, -0.15) is 10.1 Å². The molecule has 2 aromatic heterocycles. The summed E-state index contributed by atoms with van der Waals surface area (Å²) in [5, 5.41) is 11.3. The van der Waals surface area contributed by atoms with E-state index in [0.29, 0.717) is 17.4 Å². The monoisotopic (exact) mass is 353 g/mol. The van der Waals surface area contributed by atoms with E-state index in [1.54, 1.807) is 17.8 Å². The Morgan fingerprint density at radius 2 is 2.00 bits per heavy atom. The summed E-state index contributed by atoms with van der Waals surface area (Å²) in [6, 6.07) is 9.26. The van der Waals surface area contributed by atoms with Crippen molar-refractivity contribution in [2.24, 2.45) is 7.05 Å². The van der Waals surface area contributed by atoms with Gasteiger partial charge in [0.2, 0.25) is 11.7 Å². The zero-order valence-electron chi connectivity index (χ0n) is 15.6. The first-order valence-corrected chi connectivity index (χ1v) is 8.60. The highest BCUT2D eigenvalue weighted by molar-refractivity contribution is 5.92. The summed E-state index contributed by atoms with van der Waals surface area (Å²) < 4.78 is 6.92. The van der Waals surface area contributed by atoms with Crippen molar-refractivity contribution < 1.29 is 9.32 Å². The van der Waals surface area contributed by atoms with Crippen LogP contribution in [0.1, 0.15) is 60.4 Å². The maximum atomic E-state index is 12.5. The van der Waals surface area contributed by atoms with E-state index in [2.05, 4.69) is 20.6 Å². The number of aromatic nitrogens is 4. The van der Waals surface area contributed by atoms with E-state index in [9.17, 15) is 4.79 Å². The molecule has 136 valence electrons. The molecule has 2 heterocycles. The molecule has 0 aliphatic heterocycles. The van der Waals surface area contributed by atoms with E-state index in [0.717, 1.165) is 16.8 Å². The molecule has 0 aliphatic carbocycles. The lowest BCUT2D eigenvalue weighted by Crippen LogP contribution is -2.28. The highest BCUT2D eigenvalue weighted by Crippen LogP contribution is 2.20. The number of hydrogen-bond donors (Lipinski definition) is 1. The van der Waals surface area contributed by atoms with Gasteiger partial charge in [-0.25, -0.2) is 0 Å². The molecule has 0 aliphatic rings. The summed E-state index contributed by atoms with van der Waals surface area (Å²) in [5.74, 6) is 0.899. The van der Waals surface area contributed by atoms with Gasteiger partial charge in [0.25, 0.3) is 5.91 Å². The topological polar surface area (TPSA) is 85.8 Å². The largest absolute Gasteiger partial charge is 0.339 e. The van der Waals surface area contributed by atoms with Crippen LogP contribution in [0, 0.1) is 6.92 Å². The lowest BCUT2D eigenvalue weighted by atomic mass is 10.1. The van der Waals surface area contributed by atoms with Gasteiger partial charge in [-0.1, -0.05) is 42.8 Å². The second kappa shape index (κ2) is 7.11. The Bertz CT molecular complexity index is 926. The van der Waals surface area contributed by atoms with Gasteiger partial charge in [0, 0.05) is 12.6 Å². The molecule has 7 heteroatoms. The van der Waals surface area contributed by atoms with Gasteiger partial charge >= 0.3 is 0 Å². The second-order valence-electron chi connectivity index (χ2n) is 6.75. The highest BCUT2D eigenvalue weighted by atomic mass is 16.5. The SMILES string of the molecule is Cc1cccc(-c2noc([C@@H](C)NC(=O)c3cc(C(C)C)nn3C)n2)c1. The molecule has 26 heavy (non-hydrogen) atoms. The fourth-order valence-corrected chi connectivity index (χ4v) is 2.63. The molecular weight excluding hydrogens is 330 g/mol. The minimum Gasteiger partial charge on any atom is -0.339 e. The van der Waals surface area contributed by atoms with Gasteiger partial charge in [0.15, 0.2) is 0 Å². The highest BCUT2D eigenvalue weighted by Gasteiger charge is 2.21. The van der Waals surface area contributed by atoms with Crippen molar-refractivity contribution in [1.29, 1.82) is 0 Å². The van der Waals surface area contributed by atoms with Crippen molar-refractivity contribution in [2.45, 2.75) is 39.7 Å². The third-order valence-corrected chi connectivity index (χ3v) is 4.16. The number of hydrogen-bond acceptors (Lipinski definition) is 5. The zero-order chi connectivity index (χ0) is 18.8. The van der Waals surface area contributed by atoms with Gasteiger partial charge in [-0.15, -0.1) is 0 Å². The molecule has 0 bridgehead atoms. The van der Waals surface area contributed by atoms with Gasteiger partial charge < -0.3 is 9.84 Å². The van der Waals surface area contributed by atoms with E-state index < -0.39 is 6.04 Å². The Morgan fingerprint density at radius 1 is 1.23 bits per heavy atom. The summed E-state index contributed by atoms with van der Waals surface area (Å²) in [4.78, 5) is 17.0. The Labute approximate surface area is 152 Å². The van der Waals surface area contributed by atoms with Crippen molar-refractivity contribution in [3.05, 3.63) is 53.2 Å². The molecule has 1 atom stereocenters. The van der Waals surface area contributed by atoms with Crippen molar-refractivity contribution in [3.8, 4) is 11.4 Å². The average molecular weight is 353 g/mol. The Kier molecular flexibility index (Phi) is 4.88. The molecule has 0 saturated carbocycles. The molecule has 0 saturated heterocycles. The molecule has 1 amide bonds. The van der Waals surface area contributed by atoms with Crippen LogP contribution in [0.4, 0.5) is 0 Å². The van der Waals surface area contributed by atoms with Crippen LogP contribution < -0.4 is 5.32 Å². The van der Waals surface area contributed by atoms with E-state index in [1.165, 1.54) is 0 Å². The fraction of sp³-hybridized carbons (Fsp3) is 0.368. The molecule has 0 unspecified atom stereocenters. The molecular formula is C19H23N5O2. The number of carbonyl (C=O) groups excluding carboxylic acids is 1. The van der Waals surface area contributed by atoms with Crippen LogP contribution in [0.5, 0.6) is 0 Å². The number of amides is 1. The lowest BCUT2D eigenvalue weighted by Gasteiger charge is -2.09. The predicted molar refractivity (Wildman–Crippen MR) is 97.6 cm³/mol. The Morgan fingerprint density at radius 3 is 2.65 bits per heavy atom. The van der Waals surface area contributed by atoms with Crippen molar-refractivity contribution >= 4 is 5.91 Å². The first-order valence-electron chi connectivity index (χ1n) is 8.60. The van der Waals surface area contributed by atoms with Crippen molar-refractivity contribution in [2.75, 3.05) is 0 Å². The van der Waals surface area contributed by atoms with Crippen LogP contribution in [0.3, 0.4) is 0 Å². The maximum absolute atomic E-state index is 12.5. The van der Waals surface area contributed by atoms with E-state index in [-0.39, 0.29) is 11.8 Å².